The molecule has 0 aromatic carbocycles. The minimum absolute atomic E-state index is 0.0154. The van der Waals surface area contributed by atoms with Gasteiger partial charge in [-0.25, -0.2) is 4.79 Å². The Hall–Kier alpha value is -2.75. The standard InChI is InChI=1S/C19H24N4O5S/c1-4-28-19(25)16-13-7-5-8-14(13)29-18(16)20-15(24)9-6-10-22-12(3)17(23(26)27)11(2)21-22/h4-10H2,1-3H3,(H,20,24). The topological polar surface area (TPSA) is 116 Å². The Labute approximate surface area is 172 Å². The second kappa shape index (κ2) is 8.73. The van der Waals surface area contributed by atoms with Crippen LogP contribution in [0, 0.1) is 24.0 Å². The molecule has 0 atom stereocenters. The number of carbonyl (C=O) groups excluding carboxylic acids is 2. The number of rotatable bonds is 8. The number of carbonyl (C=O) groups is 2. The van der Waals surface area contributed by atoms with Crippen molar-refractivity contribution in [2.24, 2.45) is 0 Å². The molecule has 0 radical (unpaired) electrons. The van der Waals surface area contributed by atoms with E-state index in [1.807, 2.05) is 0 Å². The Morgan fingerprint density at radius 3 is 2.76 bits per heavy atom. The van der Waals surface area contributed by atoms with E-state index in [1.165, 1.54) is 11.3 Å². The van der Waals surface area contributed by atoms with Gasteiger partial charge in [0.05, 0.1) is 17.1 Å². The zero-order valence-corrected chi connectivity index (χ0v) is 17.6. The third-order valence-electron chi connectivity index (χ3n) is 4.95. The van der Waals surface area contributed by atoms with Gasteiger partial charge in [-0.15, -0.1) is 11.3 Å². The smallest absolute Gasteiger partial charge is 0.341 e. The van der Waals surface area contributed by atoms with Crippen molar-refractivity contribution in [2.45, 2.75) is 59.4 Å². The van der Waals surface area contributed by atoms with Crippen LogP contribution in [0.2, 0.25) is 0 Å². The Balaban J connectivity index is 1.63. The molecular weight excluding hydrogens is 396 g/mol. The predicted molar refractivity (Wildman–Crippen MR) is 109 cm³/mol. The Kier molecular flexibility index (Phi) is 6.31. The van der Waals surface area contributed by atoms with E-state index in [1.54, 1.807) is 25.5 Å². The van der Waals surface area contributed by atoms with E-state index in [2.05, 4.69) is 10.4 Å². The molecule has 1 aliphatic rings. The van der Waals surface area contributed by atoms with E-state index in [0.29, 0.717) is 34.9 Å². The summed E-state index contributed by atoms with van der Waals surface area (Å²) in [5.41, 5.74) is 2.35. The van der Waals surface area contributed by atoms with Crippen molar-refractivity contribution in [3.63, 3.8) is 0 Å². The Bertz CT molecular complexity index is 962. The van der Waals surface area contributed by atoms with E-state index in [4.69, 9.17) is 4.74 Å². The summed E-state index contributed by atoms with van der Waals surface area (Å²) >= 11 is 1.45. The molecule has 9 nitrogen and oxygen atoms in total. The minimum atomic E-state index is -0.437. The summed E-state index contributed by atoms with van der Waals surface area (Å²) in [5, 5.41) is 18.7. The van der Waals surface area contributed by atoms with Crippen LogP contribution in [-0.2, 0) is 28.9 Å². The fraction of sp³-hybridized carbons (Fsp3) is 0.526. The van der Waals surface area contributed by atoms with E-state index in [-0.39, 0.29) is 24.6 Å². The summed E-state index contributed by atoms with van der Waals surface area (Å²) in [6, 6.07) is 0. The number of nitrogens with zero attached hydrogens (tertiary/aromatic N) is 3. The largest absolute Gasteiger partial charge is 0.462 e. The summed E-state index contributed by atoms with van der Waals surface area (Å²) < 4.78 is 6.73. The lowest BCUT2D eigenvalue weighted by Gasteiger charge is -2.08. The van der Waals surface area contributed by atoms with Crippen molar-refractivity contribution in [1.82, 2.24) is 9.78 Å². The van der Waals surface area contributed by atoms with Crippen LogP contribution in [0.5, 0.6) is 0 Å². The maximum Gasteiger partial charge on any atom is 0.341 e. The number of ether oxygens (including phenoxy) is 1. The van der Waals surface area contributed by atoms with E-state index in [9.17, 15) is 19.7 Å². The molecule has 156 valence electrons. The number of aryl methyl sites for hydroxylation is 3. The predicted octanol–water partition coefficient (Wildman–Crippen LogP) is 3.55. The summed E-state index contributed by atoms with van der Waals surface area (Å²) in [4.78, 5) is 36.6. The molecule has 2 heterocycles. The number of fused-ring (bicyclic) bond motifs is 1. The summed E-state index contributed by atoms with van der Waals surface area (Å²) in [5.74, 6) is -0.594. The second-order valence-electron chi connectivity index (χ2n) is 6.93. The Morgan fingerprint density at radius 2 is 2.10 bits per heavy atom. The molecule has 0 saturated heterocycles. The monoisotopic (exact) mass is 420 g/mol. The van der Waals surface area contributed by atoms with Gasteiger partial charge in [-0.05, 0) is 52.0 Å². The molecule has 0 spiro atoms. The highest BCUT2D eigenvalue weighted by molar-refractivity contribution is 7.17. The van der Waals surface area contributed by atoms with E-state index >= 15 is 0 Å². The SMILES string of the molecule is CCOC(=O)c1c(NC(=O)CCCn2nc(C)c([N+](=O)[O-])c2C)sc2c1CCC2. The molecule has 0 bridgehead atoms. The van der Waals surface area contributed by atoms with Crippen molar-refractivity contribution >= 4 is 33.9 Å². The van der Waals surface area contributed by atoms with Crippen LogP contribution in [0.1, 0.15) is 58.4 Å². The fourth-order valence-corrected chi connectivity index (χ4v) is 4.95. The zero-order valence-electron chi connectivity index (χ0n) is 16.7. The molecule has 1 amide bonds. The normalized spacial score (nSPS) is 12.7. The van der Waals surface area contributed by atoms with E-state index in [0.717, 1.165) is 29.7 Å². The number of nitro groups is 1. The van der Waals surface area contributed by atoms with Gasteiger partial charge in [-0.3, -0.25) is 19.6 Å². The van der Waals surface area contributed by atoms with Gasteiger partial charge in [0.1, 0.15) is 16.4 Å². The highest BCUT2D eigenvalue weighted by Crippen LogP contribution is 2.39. The van der Waals surface area contributed by atoms with Crippen molar-refractivity contribution in [2.75, 3.05) is 11.9 Å². The lowest BCUT2D eigenvalue weighted by molar-refractivity contribution is -0.386. The third-order valence-corrected chi connectivity index (χ3v) is 6.16. The third kappa shape index (κ3) is 4.31. The number of hydrogen-bond acceptors (Lipinski definition) is 7. The van der Waals surface area contributed by atoms with Crippen LogP contribution in [-0.4, -0.2) is 33.2 Å². The van der Waals surface area contributed by atoms with Crippen LogP contribution in [0.25, 0.3) is 0 Å². The number of esters is 1. The van der Waals surface area contributed by atoms with Crippen molar-refractivity contribution < 1.29 is 19.2 Å². The molecule has 3 rings (SSSR count). The molecule has 2 aromatic heterocycles. The van der Waals surface area contributed by atoms with Crippen molar-refractivity contribution in [3.05, 3.63) is 37.5 Å². The van der Waals surface area contributed by atoms with Crippen LogP contribution in [0.4, 0.5) is 10.7 Å². The number of anilines is 1. The number of hydrogen-bond donors (Lipinski definition) is 1. The summed E-state index contributed by atoms with van der Waals surface area (Å²) in [7, 11) is 0. The average molecular weight is 420 g/mol. The van der Waals surface area contributed by atoms with Gasteiger partial charge >= 0.3 is 11.7 Å². The molecule has 2 aromatic rings. The first-order chi connectivity index (χ1) is 13.8. The quantitative estimate of drug-likeness (QED) is 0.396. The van der Waals surface area contributed by atoms with Crippen molar-refractivity contribution in [1.29, 1.82) is 0 Å². The highest BCUT2D eigenvalue weighted by Gasteiger charge is 2.28. The maximum absolute atomic E-state index is 12.4. The number of amides is 1. The zero-order chi connectivity index (χ0) is 21.1. The molecule has 1 N–H and O–H groups in total. The summed E-state index contributed by atoms with van der Waals surface area (Å²) in [6.45, 7) is 5.69. The lowest BCUT2D eigenvalue weighted by Crippen LogP contribution is -2.15. The number of thiophene rings is 1. The molecular formula is C19H24N4O5S. The van der Waals surface area contributed by atoms with Crippen LogP contribution >= 0.6 is 11.3 Å². The molecule has 0 aliphatic heterocycles. The van der Waals surface area contributed by atoms with Crippen LogP contribution in [0.15, 0.2) is 0 Å². The molecule has 0 fully saturated rings. The van der Waals surface area contributed by atoms with Gasteiger partial charge < -0.3 is 10.1 Å². The van der Waals surface area contributed by atoms with Gasteiger partial charge in [0.25, 0.3) is 0 Å². The average Bonchev–Trinajstić information content (AvgIpc) is 3.28. The van der Waals surface area contributed by atoms with Gasteiger partial charge in [0.15, 0.2) is 0 Å². The second-order valence-corrected chi connectivity index (χ2v) is 8.04. The van der Waals surface area contributed by atoms with Gasteiger partial charge in [0.2, 0.25) is 5.91 Å². The maximum atomic E-state index is 12.4. The van der Waals surface area contributed by atoms with Gasteiger partial charge in [-0.2, -0.15) is 5.10 Å². The van der Waals surface area contributed by atoms with Gasteiger partial charge in [-0.1, -0.05) is 0 Å². The highest BCUT2D eigenvalue weighted by atomic mass is 32.1. The lowest BCUT2D eigenvalue weighted by atomic mass is 10.1. The first-order valence-corrected chi connectivity index (χ1v) is 10.4. The number of aromatic nitrogens is 2. The molecule has 0 unspecified atom stereocenters. The first kappa shape index (κ1) is 21.0. The molecule has 10 heteroatoms. The minimum Gasteiger partial charge on any atom is -0.462 e. The molecule has 1 aliphatic carbocycles. The van der Waals surface area contributed by atoms with Crippen LogP contribution in [0.3, 0.4) is 0 Å². The molecule has 0 saturated carbocycles. The Morgan fingerprint density at radius 1 is 1.34 bits per heavy atom. The fourth-order valence-electron chi connectivity index (χ4n) is 3.66. The molecule has 29 heavy (non-hydrogen) atoms. The van der Waals surface area contributed by atoms with Gasteiger partial charge in [0, 0.05) is 17.8 Å². The van der Waals surface area contributed by atoms with Crippen molar-refractivity contribution in [3.8, 4) is 0 Å². The van der Waals surface area contributed by atoms with E-state index < -0.39 is 10.9 Å². The number of nitrogens with one attached hydrogen (secondary N) is 1. The first-order valence-electron chi connectivity index (χ1n) is 9.63. The van der Waals surface area contributed by atoms with Crippen LogP contribution < -0.4 is 5.32 Å². The summed E-state index contributed by atoms with van der Waals surface area (Å²) in [6.07, 6.45) is 3.45.